The van der Waals surface area contributed by atoms with E-state index < -0.39 is 10.0 Å². The molecule has 2 aromatic rings. The van der Waals surface area contributed by atoms with Crippen LogP contribution in [0, 0.1) is 0 Å². The summed E-state index contributed by atoms with van der Waals surface area (Å²) in [5.41, 5.74) is 1.54. The van der Waals surface area contributed by atoms with E-state index in [0.717, 1.165) is 11.0 Å². The molecule has 0 aliphatic carbocycles. The minimum absolute atomic E-state index is 0.0161. The molecular formula is C12H18N4O2S. The molecule has 0 aliphatic heterocycles. The third kappa shape index (κ3) is 3.93. The van der Waals surface area contributed by atoms with Gasteiger partial charge in [-0.2, -0.15) is 0 Å². The quantitative estimate of drug-likeness (QED) is 0.745. The number of hydrogen-bond acceptors (Lipinski definition) is 4. The van der Waals surface area contributed by atoms with E-state index in [2.05, 4.69) is 20.0 Å². The molecule has 2 rings (SSSR count). The standard InChI is InChI=1S/C12H18N4O2S/c1-9(2)13-7-8-19(17,18)16-12-14-10-5-3-4-6-11(10)15-12/h3-6,9,13H,7-8H2,1-2H3,(H2,14,15,16). The number of anilines is 1. The molecule has 104 valence electrons. The Bertz CT molecular complexity index is 616. The van der Waals surface area contributed by atoms with Gasteiger partial charge in [-0.3, -0.25) is 4.72 Å². The van der Waals surface area contributed by atoms with Gasteiger partial charge in [0.2, 0.25) is 16.0 Å². The fraction of sp³-hybridized carbons (Fsp3) is 0.417. The van der Waals surface area contributed by atoms with E-state index in [1.807, 2.05) is 38.1 Å². The minimum Gasteiger partial charge on any atom is -0.323 e. The second-order valence-electron chi connectivity index (χ2n) is 4.63. The van der Waals surface area contributed by atoms with E-state index in [1.165, 1.54) is 0 Å². The molecule has 0 saturated carbocycles. The number of H-pyrrole nitrogens is 1. The van der Waals surface area contributed by atoms with Gasteiger partial charge in [0.1, 0.15) is 0 Å². The lowest BCUT2D eigenvalue weighted by Crippen LogP contribution is -2.31. The average molecular weight is 282 g/mol. The van der Waals surface area contributed by atoms with Crippen LogP contribution < -0.4 is 10.0 Å². The second kappa shape index (κ2) is 5.58. The van der Waals surface area contributed by atoms with E-state index >= 15 is 0 Å². The maximum absolute atomic E-state index is 11.8. The first-order valence-corrected chi connectivity index (χ1v) is 7.80. The van der Waals surface area contributed by atoms with E-state index in [-0.39, 0.29) is 17.7 Å². The van der Waals surface area contributed by atoms with Crippen molar-refractivity contribution in [2.75, 3.05) is 17.0 Å². The van der Waals surface area contributed by atoms with Gasteiger partial charge in [0.15, 0.2) is 0 Å². The molecule has 0 bridgehead atoms. The lowest BCUT2D eigenvalue weighted by atomic mass is 10.3. The topological polar surface area (TPSA) is 86.9 Å². The minimum atomic E-state index is -3.38. The Hall–Kier alpha value is -1.60. The number of hydrogen-bond donors (Lipinski definition) is 3. The fourth-order valence-electron chi connectivity index (χ4n) is 1.68. The highest BCUT2D eigenvalue weighted by molar-refractivity contribution is 7.92. The summed E-state index contributed by atoms with van der Waals surface area (Å²) >= 11 is 0. The van der Waals surface area contributed by atoms with Gasteiger partial charge < -0.3 is 10.3 Å². The summed E-state index contributed by atoms with van der Waals surface area (Å²) in [5.74, 6) is 0.271. The molecule has 19 heavy (non-hydrogen) atoms. The number of rotatable bonds is 6. The molecule has 3 N–H and O–H groups in total. The van der Waals surface area contributed by atoms with Crippen molar-refractivity contribution >= 4 is 27.0 Å². The third-order valence-electron chi connectivity index (χ3n) is 2.56. The van der Waals surface area contributed by atoms with Gasteiger partial charge in [-0.05, 0) is 12.1 Å². The molecule has 0 unspecified atom stereocenters. The van der Waals surface area contributed by atoms with E-state index in [1.54, 1.807) is 0 Å². The highest BCUT2D eigenvalue weighted by atomic mass is 32.2. The Balaban J connectivity index is 2.03. The summed E-state index contributed by atoms with van der Waals surface area (Å²) < 4.78 is 26.1. The summed E-state index contributed by atoms with van der Waals surface area (Å²) in [4.78, 5) is 7.10. The average Bonchev–Trinajstić information content (AvgIpc) is 2.68. The summed E-state index contributed by atoms with van der Waals surface area (Å²) in [5, 5.41) is 3.06. The van der Waals surface area contributed by atoms with Crippen molar-refractivity contribution < 1.29 is 8.42 Å². The molecule has 0 atom stereocenters. The van der Waals surface area contributed by atoms with Crippen LogP contribution in [0.5, 0.6) is 0 Å². The van der Waals surface area contributed by atoms with Crippen LogP contribution in [0.3, 0.4) is 0 Å². The van der Waals surface area contributed by atoms with Crippen molar-refractivity contribution in [3.8, 4) is 0 Å². The third-order valence-corrected chi connectivity index (χ3v) is 3.81. The molecule has 7 heteroatoms. The molecule has 0 fully saturated rings. The first-order chi connectivity index (χ1) is 8.96. The second-order valence-corrected chi connectivity index (χ2v) is 6.47. The predicted octanol–water partition coefficient (Wildman–Crippen LogP) is 1.30. The first kappa shape index (κ1) is 13.8. The Morgan fingerprint density at radius 1 is 1.32 bits per heavy atom. The Morgan fingerprint density at radius 3 is 2.74 bits per heavy atom. The van der Waals surface area contributed by atoms with Crippen LogP contribution in [0.25, 0.3) is 11.0 Å². The lowest BCUT2D eigenvalue weighted by molar-refractivity contribution is 0.581. The maximum Gasteiger partial charge on any atom is 0.236 e. The zero-order valence-electron chi connectivity index (χ0n) is 11.0. The van der Waals surface area contributed by atoms with E-state index in [0.29, 0.717) is 6.54 Å². The summed E-state index contributed by atoms with van der Waals surface area (Å²) in [6.45, 7) is 4.35. The van der Waals surface area contributed by atoms with Crippen LogP contribution >= 0.6 is 0 Å². The SMILES string of the molecule is CC(C)NCCS(=O)(=O)Nc1nc2ccccc2[nH]1. The largest absolute Gasteiger partial charge is 0.323 e. The molecule has 0 amide bonds. The van der Waals surface area contributed by atoms with E-state index in [9.17, 15) is 8.42 Å². The van der Waals surface area contributed by atoms with Crippen LogP contribution in [0.15, 0.2) is 24.3 Å². The van der Waals surface area contributed by atoms with Crippen molar-refractivity contribution in [1.29, 1.82) is 0 Å². The Labute approximate surface area is 112 Å². The molecule has 0 aliphatic rings. The molecule has 6 nitrogen and oxygen atoms in total. The number of aromatic nitrogens is 2. The highest BCUT2D eigenvalue weighted by Gasteiger charge is 2.12. The number of fused-ring (bicyclic) bond motifs is 1. The molecular weight excluding hydrogens is 264 g/mol. The number of aromatic amines is 1. The van der Waals surface area contributed by atoms with Gasteiger partial charge in [-0.25, -0.2) is 13.4 Å². The summed E-state index contributed by atoms with van der Waals surface area (Å²) in [7, 11) is -3.38. The van der Waals surface area contributed by atoms with Gasteiger partial charge >= 0.3 is 0 Å². The lowest BCUT2D eigenvalue weighted by Gasteiger charge is -2.08. The van der Waals surface area contributed by atoms with Crippen LogP contribution in [0.2, 0.25) is 0 Å². The number of imidazole rings is 1. The number of benzene rings is 1. The van der Waals surface area contributed by atoms with Crippen LogP contribution in [0.4, 0.5) is 5.95 Å². The summed E-state index contributed by atoms with van der Waals surface area (Å²) in [6.07, 6.45) is 0. The molecule has 0 spiro atoms. The molecule has 1 aromatic heterocycles. The number of sulfonamides is 1. The van der Waals surface area contributed by atoms with Gasteiger partial charge in [0, 0.05) is 12.6 Å². The zero-order chi connectivity index (χ0) is 13.9. The summed E-state index contributed by atoms with van der Waals surface area (Å²) in [6, 6.07) is 7.66. The highest BCUT2D eigenvalue weighted by Crippen LogP contribution is 2.14. The Morgan fingerprint density at radius 2 is 2.05 bits per heavy atom. The van der Waals surface area contributed by atoms with E-state index in [4.69, 9.17) is 0 Å². The zero-order valence-corrected chi connectivity index (χ0v) is 11.8. The molecule has 1 heterocycles. The van der Waals surface area contributed by atoms with Gasteiger partial charge in [-0.1, -0.05) is 26.0 Å². The van der Waals surface area contributed by atoms with Gasteiger partial charge in [0.05, 0.1) is 16.8 Å². The molecule has 0 saturated heterocycles. The molecule has 1 aromatic carbocycles. The number of nitrogens with one attached hydrogen (secondary N) is 3. The van der Waals surface area contributed by atoms with Crippen molar-refractivity contribution in [2.24, 2.45) is 0 Å². The van der Waals surface area contributed by atoms with Crippen LogP contribution in [-0.4, -0.2) is 36.7 Å². The number of nitrogens with zero attached hydrogens (tertiary/aromatic N) is 1. The van der Waals surface area contributed by atoms with Gasteiger partial charge in [0.25, 0.3) is 0 Å². The Kier molecular flexibility index (Phi) is 4.06. The molecule has 0 radical (unpaired) electrons. The van der Waals surface area contributed by atoms with Crippen molar-refractivity contribution in [3.05, 3.63) is 24.3 Å². The monoisotopic (exact) mass is 282 g/mol. The van der Waals surface area contributed by atoms with Crippen molar-refractivity contribution in [3.63, 3.8) is 0 Å². The fourth-order valence-corrected chi connectivity index (χ4v) is 2.56. The van der Waals surface area contributed by atoms with Crippen molar-refractivity contribution in [1.82, 2.24) is 15.3 Å². The normalized spacial score (nSPS) is 12.2. The number of para-hydroxylation sites is 2. The first-order valence-electron chi connectivity index (χ1n) is 6.15. The maximum atomic E-state index is 11.8. The van der Waals surface area contributed by atoms with Gasteiger partial charge in [-0.15, -0.1) is 0 Å². The van der Waals surface area contributed by atoms with Crippen LogP contribution in [0.1, 0.15) is 13.8 Å². The van der Waals surface area contributed by atoms with Crippen LogP contribution in [-0.2, 0) is 10.0 Å². The smallest absolute Gasteiger partial charge is 0.236 e. The predicted molar refractivity (Wildman–Crippen MR) is 76.6 cm³/mol. The van der Waals surface area contributed by atoms with Crippen molar-refractivity contribution in [2.45, 2.75) is 19.9 Å².